The molecule has 0 radical (unpaired) electrons. The van der Waals surface area contributed by atoms with Gasteiger partial charge in [-0.1, -0.05) is 12.1 Å². The third-order valence-electron chi connectivity index (χ3n) is 2.28. The van der Waals surface area contributed by atoms with Gasteiger partial charge in [-0.05, 0) is 17.7 Å². The Balaban J connectivity index is 2.11. The van der Waals surface area contributed by atoms with Gasteiger partial charge in [-0.15, -0.1) is 0 Å². The second-order valence-electron chi connectivity index (χ2n) is 3.20. The van der Waals surface area contributed by atoms with Gasteiger partial charge in [0.25, 0.3) is 0 Å². The summed E-state index contributed by atoms with van der Waals surface area (Å²) in [5.41, 5.74) is 6.71. The van der Waals surface area contributed by atoms with Crippen molar-refractivity contribution in [1.29, 1.82) is 0 Å². The average molecular weight is 191 g/mol. The smallest absolute Gasteiger partial charge is 0.189 e. The van der Waals surface area contributed by atoms with E-state index in [1.807, 2.05) is 24.3 Å². The molecular weight excluding hydrogens is 178 g/mol. The Labute approximate surface area is 82.8 Å². The van der Waals surface area contributed by atoms with E-state index in [9.17, 15) is 0 Å². The minimum atomic E-state index is 0.209. The summed E-state index contributed by atoms with van der Waals surface area (Å²) in [6.07, 6.45) is 0. The predicted molar refractivity (Wildman–Crippen MR) is 55.4 cm³/mol. The van der Waals surface area contributed by atoms with E-state index in [0.29, 0.717) is 12.5 Å². The van der Waals surface area contributed by atoms with Gasteiger partial charge in [0, 0.05) is 0 Å². The standard InChI is InChI=1S/C10H13N3O/c1-14-8-4-2-7(3-5-8)9-6-12-10(11)13-9/h2-5,9H,6H2,1H3,(H3,11,12,13). The second-order valence-corrected chi connectivity index (χ2v) is 3.20. The normalized spacial score (nSPS) is 20.1. The van der Waals surface area contributed by atoms with Crippen LogP contribution in [0.2, 0.25) is 0 Å². The Hall–Kier alpha value is -1.71. The van der Waals surface area contributed by atoms with E-state index in [1.54, 1.807) is 7.11 Å². The highest BCUT2D eigenvalue weighted by atomic mass is 16.5. The van der Waals surface area contributed by atoms with Gasteiger partial charge < -0.3 is 15.8 Å². The number of methoxy groups -OCH3 is 1. The van der Waals surface area contributed by atoms with Crippen molar-refractivity contribution in [2.75, 3.05) is 13.7 Å². The quantitative estimate of drug-likeness (QED) is 0.721. The van der Waals surface area contributed by atoms with Crippen molar-refractivity contribution in [3.63, 3.8) is 0 Å². The van der Waals surface area contributed by atoms with E-state index >= 15 is 0 Å². The summed E-state index contributed by atoms with van der Waals surface area (Å²) >= 11 is 0. The number of rotatable bonds is 2. The summed E-state index contributed by atoms with van der Waals surface area (Å²) in [5.74, 6) is 1.38. The molecule has 0 aromatic heterocycles. The third-order valence-corrected chi connectivity index (χ3v) is 2.28. The molecular formula is C10H13N3O. The van der Waals surface area contributed by atoms with Crippen molar-refractivity contribution in [1.82, 2.24) is 5.32 Å². The number of ether oxygens (including phenoxy) is 1. The molecule has 1 atom stereocenters. The Kier molecular flexibility index (Phi) is 2.26. The van der Waals surface area contributed by atoms with Crippen molar-refractivity contribution in [2.24, 2.45) is 10.7 Å². The summed E-state index contributed by atoms with van der Waals surface area (Å²) in [6, 6.07) is 8.12. The van der Waals surface area contributed by atoms with E-state index in [-0.39, 0.29) is 6.04 Å². The lowest BCUT2D eigenvalue weighted by atomic mass is 10.1. The zero-order valence-corrected chi connectivity index (χ0v) is 8.03. The summed E-state index contributed by atoms with van der Waals surface area (Å²) in [5, 5.41) is 3.09. The monoisotopic (exact) mass is 191 g/mol. The minimum absolute atomic E-state index is 0.209. The molecule has 3 N–H and O–H groups in total. The number of guanidine groups is 1. The fourth-order valence-corrected chi connectivity index (χ4v) is 1.48. The van der Waals surface area contributed by atoms with Crippen molar-refractivity contribution >= 4 is 5.96 Å². The van der Waals surface area contributed by atoms with Gasteiger partial charge in [-0.25, -0.2) is 0 Å². The van der Waals surface area contributed by atoms with Crippen molar-refractivity contribution in [3.05, 3.63) is 29.8 Å². The molecule has 0 amide bonds. The van der Waals surface area contributed by atoms with Gasteiger partial charge in [0.1, 0.15) is 5.75 Å². The topological polar surface area (TPSA) is 59.6 Å². The van der Waals surface area contributed by atoms with E-state index < -0.39 is 0 Å². The van der Waals surface area contributed by atoms with Gasteiger partial charge in [0.15, 0.2) is 5.96 Å². The van der Waals surface area contributed by atoms with Crippen LogP contribution in [-0.4, -0.2) is 19.6 Å². The second kappa shape index (κ2) is 3.57. The molecule has 4 nitrogen and oxygen atoms in total. The lowest BCUT2D eigenvalue weighted by Crippen LogP contribution is -2.29. The molecule has 1 aromatic rings. The third kappa shape index (κ3) is 1.64. The van der Waals surface area contributed by atoms with Crippen LogP contribution in [0.25, 0.3) is 0 Å². The highest BCUT2D eigenvalue weighted by Gasteiger charge is 2.16. The first kappa shape index (κ1) is 8.87. The Morgan fingerprint density at radius 3 is 2.64 bits per heavy atom. The summed E-state index contributed by atoms with van der Waals surface area (Å²) in [7, 11) is 1.66. The van der Waals surface area contributed by atoms with Gasteiger partial charge >= 0.3 is 0 Å². The molecule has 0 saturated heterocycles. The molecule has 1 aromatic carbocycles. The minimum Gasteiger partial charge on any atom is -0.497 e. The highest BCUT2D eigenvalue weighted by Crippen LogP contribution is 2.19. The number of aliphatic imine (C=N–C) groups is 1. The largest absolute Gasteiger partial charge is 0.497 e. The molecule has 0 aliphatic carbocycles. The fraction of sp³-hybridized carbons (Fsp3) is 0.300. The molecule has 0 saturated carbocycles. The first-order valence-corrected chi connectivity index (χ1v) is 4.50. The van der Waals surface area contributed by atoms with Crippen LogP contribution in [0, 0.1) is 0 Å². The van der Waals surface area contributed by atoms with E-state index in [1.165, 1.54) is 5.56 Å². The lowest BCUT2D eigenvalue weighted by Gasteiger charge is -2.11. The number of nitrogens with two attached hydrogens (primary N) is 1. The Morgan fingerprint density at radius 1 is 1.43 bits per heavy atom. The van der Waals surface area contributed by atoms with Crippen molar-refractivity contribution < 1.29 is 4.74 Å². The summed E-state index contributed by atoms with van der Waals surface area (Å²) in [4.78, 5) is 4.09. The molecule has 0 bridgehead atoms. The number of nitrogens with zero attached hydrogens (tertiary/aromatic N) is 1. The number of nitrogens with one attached hydrogen (secondary N) is 1. The van der Waals surface area contributed by atoms with Crippen LogP contribution in [-0.2, 0) is 0 Å². The molecule has 1 heterocycles. The molecule has 1 aliphatic heterocycles. The lowest BCUT2D eigenvalue weighted by molar-refractivity contribution is 0.414. The summed E-state index contributed by atoms with van der Waals surface area (Å²) in [6.45, 7) is 0.707. The van der Waals surface area contributed by atoms with Gasteiger partial charge in [0.05, 0.1) is 19.7 Å². The van der Waals surface area contributed by atoms with Crippen molar-refractivity contribution in [3.8, 4) is 5.75 Å². The molecule has 1 aliphatic rings. The molecule has 0 spiro atoms. The van der Waals surface area contributed by atoms with Crippen LogP contribution < -0.4 is 15.8 Å². The maximum atomic E-state index is 5.53. The van der Waals surface area contributed by atoms with Crippen molar-refractivity contribution in [2.45, 2.75) is 6.04 Å². The zero-order valence-electron chi connectivity index (χ0n) is 8.03. The van der Waals surface area contributed by atoms with Gasteiger partial charge in [-0.2, -0.15) is 0 Å². The van der Waals surface area contributed by atoms with E-state index in [4.69, 9.17) is 10.5 Å². The fourth-order valence-electron chi connectivity index (χ4n) is 1.48. The van der Waals surface area contributed by atoms with Crippen LogP contribution in [0.1, 0.15) is 11.6 Å². The first-order valence-electron chi connectivity index (χ1n) is 4.50. The zero-order chi connectivity index (χ0) is 9.97. The van der Waals surface area contributed by atoms with E-state index in [2.05, 4.69) is 10.3 Å². The van der Waals surface area contributed by atoms with Gasteiger partial charge in [0.2, 0.25) is 0 Å². The molecule has 1 unspecified atom stereocenters. The Morgan fingerprint density at radius 2 is 2.14 bits per heavy atom. The van der Waals surface area contributed by atoms with Crippen LogP contribution in [0.3, 0.4) is 0 Å². The van der Waals surface area contributed by atoms with Crippen LogP contribution in [0.4, 0.5) is 0 Å². The van der Waals surface area contributed by atoms with Crippen LogP contribution in [0.5, 0.6) is 5.75 Å². The number of hydrogen-bond acceptors (Lipinski definition) is 4. The average Bonchev–Trinajstić information content (AvgIpc) is 2.65. The number of hydrogen-bond donors (Lipinski definition) is 2. The SMILES string of the molecule is COc1ccc(C2CN=C(N)N2)cc1. The Bertz CT molecular complexity index is 345. The maximum Gasteiger partial charge on any atom is 0.189 e. The maximum absolute atomic E-state index is 5.53. The summed E-state index contributed by atoms with van der Waals surface area (Å²) < 4.78 is 5.08. The van der Waals surface area contributed by atoms with E-state index in [0.717, 1.165) is 5.75 Å². The molecule has 0 fully saturated rings. The number of benzene rings is 1. The molecule has 4 heteroatoms. The molecule has 74 valence electrons. The highest BCUT2D eigenvalue weighted by molar-refractivity contribution is 5.80. The van der Waals surface area contributed by atoms with Crippen LogP contribution >= 0.6 is 0 Å². The van der Waals surface area contributed by atoms with Gasteiger partial charge in [-0.3, -0.25) is 4.99 Å². The molecule has 2 rings (SSSR count). The van der Waals surface area contributed by atoms with Crippen LogP contribution in [0.15, 0.2) is 29.3 Å². The predicted octanol–water partition coefficient (Wildman–Crippen LogP) is 0.654. The molecule has 14 heavy (non-hydrogen) atoms. The first-order chi connectivity index (χ1) is 6.79.